The molecular formula is C79H154O17P2. The molecule has 0 bridgehead atoms. The van der Waals surface area contributed by atoms with Gasteiger partial charge in [0.15, 0.2) is 12.2 Å². The van der Waals surface area contributed by atoms with Crippen molar-refractivity contribution in [2.24, 2.45) is 23.7 Å². The third-order valence-electron chi connectivity index (χ3n) is 19.8. The molecule has 0 spiro atoms. The predicted molar refractivity (Wildman–Crippen MR) is 400 cm³/mol. The Morgan fingerprint density at radius 3 is 0.673 bits per heavy atom. The topological polar surface area (TPSA) is 237 Å². The first-order chi connectivity index (χ1) is 47.2. The number of phosphoric ester groups is 2. The molecule has 0 amide bonds. The van der Waals surface area contributed by atoms with Crippen LogP contribution >= 0.6 is 15.6 Å². The second-order valence-corrected chi connectivity index (χ2v) is 32.3. The van der Waals surface area contributed by atoms with Crippen molar-refractivity contribution in [3.63, 3.8) is 0 Å². The van der Waals surface area contributed by atoms with Gasteiger partial charge in [-0.2, -0.15) is 0 Å². The minimum Gasteiger partial charge on any atom is -0.462 e. The maximum absolute atomic E-state index is 13.1. The number of hydrogen-bond acceptors (Lipinski definition) is 15. The molecule has 0 aromatic heterocycles. The van der Waals surface area contributed by atoms with E-state index in [1.165, 1.54) is 199 Å². The average molecular weight is 1440 g/mol. The van der Waals surface area contributed by atoms with Crippen LogP contribution in [0.15, 0.2) is 0 Å². The van der Waals surface area contributed by atoms with Crippen LogP contribution in [0.1, 0.15) is 402 Å². The number of esters is 4. The minimum atomic E-state index is -4.96. The molecule has 0 saturated heterocycles. The van der Waals surface area contributed by atoms with Gasteiger partial charge >= 0.3 is 39.5 Å². The van der Waals surface area contributed by atoms with Gasteiger partial charge in [0, 0.05) is 25.7 Å². The van der Waals surface area contributed by atoms with Crippen LogP contribution in [0.25, 0.3) is 0 Å². The summed E-state index contributed by atoms with van der Waals surface area (Å²) in [4.78, 5) is 72.9. The van der Waals surface area contributed by atoms with Crippen molar-refractivity contribution < 1.29 is 80.2 Å². The summed E-state index contributed by atoms with van der Waals surface area (Å²) in [6.07, 6.45) is 54.1. The molecule has 9 atom stereocenters. The molecule has 3 N–H and O–H groups in total. The van der Waals surface area contributed by atoms with Crippen LogP contribution in [0.3, 0.4) is 0 Å². The van der Waals surface area contributed by atoms with Crippen LogP contribution in [-0.4, -0.2) is 96.7 Å². The number of carbonyl (C=O) groups excluding carboxylic acids is 4. The van der Waals surface area contributed by atoms with Crippen molar-refractivity contribution in [1.82, 2.24) is 0 Å². The number of rotatable bonds is 76. The fourth-order valence-corrected chi connectivity index (χ4v) is 13.5. The van der Waals surface area contributed by atoms with Crippen LogP contribution in [0.5, 0.6) is 0 Å². The average Bonchev–Trinajstić information content (AvgIpc) is 0.973. The third-order valence-corrected chi connectivity index (χ3v) is 21.7. The number of ether oxygens (including phenoxy) is 4. The lowest BCUT2D eigenvalue weighted by molar-refractivity contribution is -0.161. The quantitative estimate of drug-likeness (QED) is 0.0222. The van der Waals surface area contributed by atoms with E-state index >= 15 is 0 Å². The van der Waals surface area contributed by atoms with Gasteiger partial charge in [0.05, 0.1) is 26.4 Å². The van der Waals surface area contributed by atoms with Crippen molar-refractivity contribution in [2.75, 3.05) is 39.6 Å². The summed E-state index contributed by atoms with van der Waals surface area (Å²) in [7, 11) is -9.92. The van der Waals surface area contributed by atoms with Crippen molar-refractivity contribution in [3.05, 3.63) is 0 Å². The molecule has 0 aliphatic rings. The first-order valence-corrected chi connectivity index (χ1v) is 43.8. The van der Waals surface area contributed by atoms with E-state index in [9.17, 15) is 43.2 Å². The van der Waals surface area contributed by atoms with Crippen molar-refractivity contribution in [3.8, 4) is 0 Å². The van der Waals surface area contributed by atoms with Crippen molar-refractivity contribution >= 4 is 39.5 Å². The molecule has 17 nitrogen and oxygen atoms in total. The highest BCUT2D eigenvalue weighted by Crippen LogP contribution is 2.45. The summed E-state index contributed by atoms with van der Waals surface area (Å²) in [5, 5.41) is 10.6. The fraction of sp³-hybridized carbons (Fsp3) is 0.949. The zero-order valence-corrected chi connectivity index (χ0v) is 66.2. The molecule has 582 valence electrons. The van der Waals surface area contributed by atoms with Gasteiger partial charge in [0.2, 0.25) is 0 Å². The highest BCUT2D eigenvalue weighted by atomic mass is 31.2. The van der Waals surface area contributed by atoms with Gasteiger partial charge in [-0.05, 0) is 49.4 Å². The summed E-state index contributed by atoms with van der Waals surface area (Å²) in [5.41, 5.74) is 0. The van der Waals surface area contributed by atoms with E-state index in [1.807, 2.05) is 0 Å². The lowest BCUT2D eigenvalue weighted by Crippen LogP contribution is -2.30. The van der Waals surface area contributed by atoms with E-state index in [4.69, 9.17) is 37.0 Å². The lowest BCUT2D eigenvalue weighted by atomic mass is 9.99. The molecule has 0 aliphatic heterocycles. The molecule has 19 heteroatoms. The van der Waals surface area contributed by atoms with Crippen LogP contribution in [0, 0.1) is 23.7 Å². The molecule has 0 aromatic carbocycles. The summed E-state index contributed by atoms with van der Waals surface area (Å²) < 4.78 is 68.6. The van der Waals surface area contributed by atoms with E-state index in [0.29, 0.717) is 25.7 Å². The van der Waals surface area contributed by atoms with Gasteiger partial charge in [-0.3, -0.25) is 37.3 Å². The van der Waals surface area contributed by atoms with E-state index in [-0.39, 0.29) is 25.7 Å². The lowest BCUT2D eigenvalue weighted by Gasteiger charge is -2.21. The summed E-state index contributed by atoms with van der Waals surface area (Å²) in [6.45, 7) is 14.3. The number of hydrogen-bond donors (Lipinski definition) is 3. The molecule has 0 aliphatic carbocycles. The Hall–Kier alpha value is -1.94. The Morgan fingerprint density at radius 2 is 0.459 bits per heavy atom. The molecule has 0 rings (SSSR count). The second-order valence-electron chi connectivity index (χ2n) is 29.4. The smallest absolute Gasteiger partial charge is 0.462 e. The van der Waals surface area contributed by atoms with E-state index in [1.54, 1.807) is 0 Å². The van der Waals surface area contributed by atoms with Crippen LogP contribution in [0.4, 0.5) is 0 Å². The minimum absolute atomic E-state index is 0.104. The zero-order valence-electron chi connectivity index (χ0n) is 64.4. The van der Waals surface area contributed by atoms with Gasteiger partial charge in [-0.25, -0.2) is 9.13 Å². The first-order valence-electron chi connectivity index (χ1n) is 40.9. The number of phosphoric acid groups is 2. The van der Waals surface area contributed by atoms with E-state index in [0.717, 1.165) is 120 Å². The number of unbranched alkanes of at least 4 members (excludes halogenated alkanes) is 38. The highest BCUT2D eigenvalue weighted by Gasteiger charge is 2.30. The molecule has 0 saturated carbocycles. The summed E-state index contributed by atoms with van der Waals surface area (Å²) in [5.74, 6) is 1.06. The molecule has 0 heterocycles. The van der Waals surface area contributed by atoms with Crippen LogP contribution in [-0.2, 0) is 65.4 Å². The van der Waals surface area contributed by atoms with Crippen molar-refractivity contribution in [2.45, 2.75) is 420 Å². The Morgan fingerprint density at radius 1 is 0.276 bits per heavy atom. The van der Waals surface area contributed by atoms with Crippen LogP contribution < -0.4 is 0 Å². The number of carbonyl (C=O) groups is 4. The number of aliphatic hydroxyl groups excluding tert-OH is 1. The van der Waals surface area contributed by atoms with E-state index in [2.05, 4.69) is 55.4 Å². The predicted octanol–water partition coefficient (Wildman–Crippen LogP) is 23.2. The monoisotopic (exact) mass is 1440 g/mol. The summed E-state index contributed by atoms with van der Waals surface area (Å²) in [6, 6.07) is 0. The molecule has 98 heavy (non-hydrogen) atoms. The maximum Gasteiger partial charge on any atom is 0.472 e. The normalized spacial score (nSPS) is 15.2. The van der Waals surface area contributed by atoms with Gasteiger partial charge < -0.3 is 33.8 Å². The van der Waals surface area contributed by atoms with Gasteiger partial charge in [-0.1, -0.05) is 351 Å². The molecule has 0 fully saturated rings. The fourth-order valence-electron chi connectivity index (χ4n) is 12.0. The standard InChI is InChI=1S/C79H154O17P2/c1-9-69(5)55-47-39-31-25-21-19-17-15-13-14-16-18-20-22-28-35-45-53-61-78(83)95-74(65-89-76(81)59-51-43-34-27-24-23-26-32-40-48-56-70(6)10-2)67-93-97(85,86)91-63-73(80)64-92-98(87,88)94-68-75(66-90-77(82)60-52-44-38-37-42-50-58-72(8)12-4)96-79(84)62-54-46-36-30-29-33-41-49-57-71(7)11-3/h69-75,80H,9-68H2,1-8H3,(H,85,86)(H,87,88)/t69?,70?,71?,72?,73-,74-,75-/m1/s1. The van der Waals surface area contributed by atoms with Crippen LogP contribution in [0.2, 0.25) is 0 Å². The Bertz CT molecular complexity index is 1930. The molecule has 0 radical (unpaired) electrons. The van der Waals surface area contributed by atoms with Gasteiger partial charge in [0.1, 0.15) is 19.3 Å². The van der Waals surface area contributed by atoms with Gasteiger partial charge in [0.25, 0.3) is 0 Å². The largest absolute Gasteiger partial charge is 0.472 e. The molecule has 0 aromatic rings. The van der Waals surface area contributed by atoms with Crippen molar-refractivity contribution in [1.29, 1.82) is 0 Å². The molecule has 6 unspecified atom stereocenters. The second kappa shape index (κ2) is 68.2. The zero-order chi connectivity index (χ0) is 72.4. The molecular weight excluding hydrogens is 1280 g/mol. The third kappa shape index (κ3) is 67.2. The Labute approximate surface area is 600 Å². The highest BCUT2D eigenvalue weighted by molar-refractivity contribution is 7.47. The summed E-state index contributed by atoms with van der Waals surface area (Å²) >= 11 is 0. The SMILES string of the molecule is CCC(C)CCCCCCCCCCCCCCCCCCCCC(=O)O[C@H](COC(=O)CCCCCCCCCCCCC(C)CC)COP(=O)(O)OC[C@@H](O)COP(=O)(O)OC[C@@H](COC(=O)CCCCCCCCC(C)CC)OC(=O)CCCCCCCCCCC(C)CC. The first kappa shape index (κ1) is 96.1. The van der Waals surface area contributed by atoms with E-state index < -0.39 is 97.5 Å². The maximum atomic E-state index is 13.1. The van der Waals surface area contributed by atoms with Gasteiger partial charge in [-0.15, -0.1) is 0 Å². The Kier molecular flexibility index (Phi) is 66.8. The number of aliphatic hydroxyl groups is 1. The Balaban J connectivity index is 5.22.